The monoisotopic (exact) mass is 470 g/mol. The molecule has 0 aromatic heterocycles. The van der Waals surface area contributed by atoms with E-state index in [1.54, 1.807) is 18.7 Å². The van der Waals surface area contributed by atoms with Gasteiger partial charge in [0.05, 0.1) is 12.1 Å². The van der Waals surface area contributed by atoms with Gasteiger partial charge in [-0.1, -0.05) is 19.8 Å². The molecule has 0 aliphatic carbocycles. The normalized spacial score (nSPS) is 26.5. The summed E-state index contributed by atoms with van der Waals surface area (Å²) in [5.41, 5.74) is -2.42. The van der Waals surface area contributed by atoms with Crippen LogP contribution in [0.5, 0.6) is 0 Å². The van der Waals surface area contributed by atoms with Crippen molar-refractivity contribution in [2.45, 2.75) is 87.7 Å². The average molecular weight is 471 g/mol. The molecule has 0 aromatic rings. The van der Waals surface area contributed by atoms with Crippen LogP contribution in [0.1, 0.15) is 64.7 Å². The summed E-state index contributed by atoms with van der Waals surface area (Å²) in [5, 5.41) is 26.7. The Labute approximate surface area is 190 Å². The van der Waals surface area contributed by atoms with Crippen LogP contribution in [0.2, 0.25) is 0 Å². The van der Waals surface area contributed by atoms with Gasteiger partial charge in [0.2, 0.25) is 23.4 Å². The van der Waals surface area contributed by atoms with Crippen LogP contribution in [0.15, 0.2) is 0 Å². The van der Waals surface area contributed by atoms with E-state index in [1.165, 1.54) is 0 Å². The van der Waals surface area contributed by atoms with Crippen molar-refractivity contribution in [1.82, 2.24) is 20.6 Å². The molecule has 0 saturated carbocycles. The number of carboxylic acids is 1. The van der Waals surface area contributed by atoms with Crippen molar-refractivity contribution < 1.29 is 34.3 Å². The third-order valence-electron chi connectivity index (χ3n) is 6.30. The van der Waals surface area contributed by atoms with Gasteiger partial charge in [0.25, 0.3) is 0 Å². The van der Waals surface area contributed by atoms with Crippen molar-refractivity contribution in [3.63, 3.8) is 0 Å². The fraction of sp³-hybridized carbons (Fsp3) is 0.750. The van der Waals surface area contributed by atoms with Crippen molar-refractivity contribution in [1.29, 1.82) is 0 Å². The summed E-state index contributed by atoms with van der Waals surface area (Å²) >= 11 is 1.75. The lowest BCUT2D eigenvalue weighted by Crippen LogP contribution is -2.67. The van der Waals surface area contributed by atoms with Gasteiger partial charge in [-0.25, -0.2) is 14.5 Å². The predicted octanol–water partition coefficient (Wildman–Crippen LogP) is 1.05. The van der Waals surface area contributed by atoms with Crippen molar-refractivity contribution in [3.05, 3.63) is 0 Å². The summed E-state index contributed by atoms with van der Waals surface area (Å²) < 4.78 is 0. The largest absolute Gasteiger partial charge is 0.478 e. The first-order valence-electron chi connectivity index (χ1n) is 11.0. The highest BCUT2D eigenvalue weighted by Crippen LogP contribution is 2.34. The Morgan fingerprint density at radius 2 is 1.84 bits per heavy atom. The lowest BCUT2D eigenvalue weighted by molar-refractivity contribution is -0.233. The van der Waals surface area contributed by atoms with E-state index in [0.29, 0.717) is 30.6 Å². The molecule has 3 aliphatic rings. The number of fused-ring (bicyclic) bond motifs is 1. The number of rotatable bonds is 11. The number of unbranched alkanes of at least 4 members (excludes halogenated alkanes) is 2. The van der Waals surface area contributed by atoms with Crippen molar-refractivity contribution >= 4 is 41.5 Å². The number of likely N-dealkylation sites (tertiary alicyclic amines) is 1. The number of carbonyl (C=O) groups is 5. The van der Waals surface area contributed by atoms with Gasteiger partial charge in [0, 0.05) is 36.7 Å². The molecule has 4 N–H and O–H groups in total. The number of hydrogen-bond acceptors (Lipinski definition) is 7. The quantitative estimate of drug-likeness (QED) is 0.115. The minimum Gasteiger partial charge on any atom is -0.478 e. The van der Waals surface area contributed by atoms with Crippen molar-refractivity contribution in [2.75, 3.05) is 5.75 Å². The Kier molecular flexibility index (Phi) is 7.65. The number of nitrogens with zero attached hydrogens (tertiary/aromatic N) is 2. The average Bonchev–Trinajstić information content (AvgIpc) is 3.40. The van der Waals surface area contributed by atoms with Crippen LogP contribution in [0.3, 0.4) is 0 Å². The first-order valence-corrected chi connectivity index (χ1v) is 12.1. The van der Waals surface area contributed by atoms with Crippen LogP contribution >= 0.6 is 11.8 Å². The summed E-state index contributed by atoms with van der Waals surface area (Å²) in [7, 11) is 0. The van der Waals surface area contributed by atoms with Crippen LogP contribution in [-0.2, 0) is 19.2 Å². The molecule has 3 rings (SSSR count). The van der Waals surface area contributed by atoms with E-state index < -0.39 is 29.4 Å². The number of hydroxylamine groups is 2. The number of thioether (sulfide) groups is 1. The van der Waals surface area contributed by atoms with Crippen molar-refractivity contribution in [3.8, 4) is 0 Å². The first-order chi connectivity index (χ1) is 15.2. The van der Waals surface area contributed by atoms with Crippen LogP contribution in [0, 0.1) is 0 Å². The Hall–Kier alpha value is -2.34. The molecule has 3 aliphatic heterocycles. The molecule has 12 heteroatoms. The number of aliphatic carboxylic acids is 1. The Morgan fingerprint density at radius 3 is 2.47 bits per heavy atom. The smallest absolute Gasteiger partial charge is 0.353 e. The van der Waals surface area contributed by atoms with Gasteiger partial charge in [-0.3, -0.25) is 19.6 Å². The number of imide groups is 1. The molecule has 0 bridgehead atoms. The van der Waals surface area contributed by atoms with Crippen LogP contribution in [-0.4, -0.2) is 78.7 Å². The van der Waals surface area contributed by atoms with E-state index in [9.17, 15) is 34.3 Å². The SMILES string of the molecule is CCCCC(C(=O)O)(N(O)C(=O)CCCC[C@@H]1SC[C@@H]2NC(=O)N[C@@H]21)N1C(=O)CCC1=O. The Balaban J connectivity index is 1.61. The molecule has 3 heterocycles. The van der Waals surface area contributed by atoms with Gasteiger partial charge >= 0.3 is 12.0 Å². The second kappa shape index (κ2) is 10.1. The highest BCUT2D eigenvalue weighted by atomic mass is 32.2. The molecule has 32 heavy (non-hydrogen) atoms. The van der Waals surface area contributed by atoms with Gasteiger partial charge in [0.1, 0.15) is 0 Å². The molecule has 0 spiro atoms. The summed E-state index contributed by atoms with van der Waals surface area (Å²) in [4.78, 5) is 61.6. The lowest BCUT2D eigenvalue weighted by atomic mass is 9.98. The zero-order valence-corrected chi connectivity index (χ0v) is 18.9. The van der Waals surface area contributed by atoms with Gasteiger partial charge in [-0.15, -0.1) is 0 Å². The summed E-state index contributed by atoms with van der Waals surface area (Å²) in [5.74, 6) is -3.04. The minimum atomic E-state index is -2.42. The number of urea groups is 1. The minimum absolute atomic E-state index is 0.0541. The number of nitrogens with one attached hydrogen (secondary N) is 2. The second-order valence-corrected chi connectivity index (χ2v) is 9.69. The predicted molar refractivity (Wildman–Crippen MR) is 114 cm³/mol. The van der Waals surface area contributed by atoms with Gasteiger partial charge in [-0.05, 0) is 19.3 Å². The van der Waals surface area contributed by atoms with E-state index in [-0.39, 0.29) is 54.1 Å². The maximum Gasteiger partial charge on any atom is 0.353 e. The molecule has 3 saturated heterocycles. The molecule has 4 atom stereocenters. The van der Waals surface area contributed by atoms with Gasteiger partial charge < -0.3 is 15.7 Å². The molecule has 1 unspecified atom stereocenters. The number of amides is 5. The molecule has 5 amide bonds. The molecule has 0 radical (unpaired) electrons. The Morgan fingerprint density at radius 1 is 1.16 bits per heavy atom. The molecular weight excluding hydrogens is 440 g/mol. The highest BCUT2D eigenvalue weighted by molar-refractivity contribution is 8.00. The Bertz CT molecular complexity index is 778. The van der Waals surface area contributed by atoms with E-state index in [0.717, 1.165) is 12.2 Å². The molecule has 178 valence electrons. The molecule has 0 aromatic carbocycles. The zero-order chi connectivity index (χ0) is 23.5. The standard InChI is InChI=1S/C20H30N4O7S/c1-2-3-10-20(18(28)29,23-14(25)8-9-15(23)26)24(31)16(27)7-5-4-6-13-17-12(11-32-13)21-19(30)22-17/h12-13,17,31H,2-11H2,1H3,(H,28,29)(H2,21,22,30)/t12-,13-,17-,20?/m0/s1. The van der Waals surface area contributed by atoms with Gasteiger partial charge in [-0.2, -0.15) is 16.8 Å². The van der Waals surface area contributed by atoms with Crippen LogP contribution in [0.25, 0.3) is 0 Å². The first kappa shape index (κ1) is 24.3. The zero-order valence-electron chi connectivity index (χ0n) is 18.0. The lowest BCUT2D eigenvalue weighted by Gasteiger charge is -2.41. The number of carbonyl (C=O) groups excluding carboxylic acids is 4. The van der Waals surface area contributed by atoms with E-state index in [2.05, 4.69) is 10.6 Å². The summed E-state index contributed by atoms with van der Waals surface area (Å²) in [6, 6.07) is -0.00437. The number of carboxylic acid groups (broad SMARTS) is 1. The number of hydrogen-bond donors (Lipinski definition) is 4. The van der Waals surface area contributed by atoms with E-state index >= 15 is 0 Å². The van der Waals surface area contributed by atoms with Crippen LogP contribution < -0.4 is 10.6 Å². The van der Waals surface area contributed by atoms with E-state index in [4.69, 9.17) is 0 Å². The van der Waals surface area contributed by atoms with Crippen LogP contribution in [0.4, 0.5) is 4.79 Å². The third kappa shape index (κ3) is 4.56. The molecular formula is C20H30N4O7S. The summed E-state index contributed by atoms with van der Waals surface area (Å²) in [6.45, 7) is 1.80. The third-order valence-corrected chi connectivity index (χ3v) is 7.81. The van der Waals surface area contributed by atoms with Crippen molar-refractivity contribution in [2.24, 2.45) is 0 Å². The fourth-order valence-electron chi connectivity index (χ4n) is 4.59. The highest BCUT2D eigenvalue weighted by Gasteiger charge is 2.57. The topological polar surface area (TPSA) is 156 Å². The maximum absolute atomic E-state index is 12.7. The summed E-state index contributed by atoms with van der Waals surface area (Å²) in [6.07, 6.45) is 2.01. The molecule has 11 nitrogen and oxygen atoms in total. The fourth-order valence-corrected chi connectivity index (χ4v) is 6.14. The second-order valence-electron chi connectivity index (χ2n) is 8.42. The molecule has 3 fully saturated rings. The maximum atomic E-state index is 12.7. The van der Waals surface area contributed by atoms with E-state index in [1.807, 2.05) is 0 Å². The van der Waals surface area contributed by atoms with Gasteiger partial charge in [0.15, 0.2) is 0 Å².